The molecule has 1 saturated heterocycles. The lowest BCUT2D eigenvalue weighted by Crippen LogP contribution is -2.67. The molecule has 32 heavy (non-hydrogen) atoms. The van der Waals surface area contributed by atoms with Gasteiger partial charge in [-0.15, -0.1) is 0 Å². The maximum absolute atomic E-state index is 13.5. The number of benzene rings is 2. The minimum atomic E-state index is -1.77. The van der Waals surface area contributed by atoms with E-state index in [-0.39, 0.29) is 11.2 Å². The van der Waals surface area contributed by atoms with Crippen molar-refractivity contribution in [2.24, 2.45) is 0 Å². The number of para-hydroxylation sites is 1. The lowest BCUT2D eigenvalue weighted by Gasteiger charge is -2.44. The van der Waals surface area contributed by atoms with Crippen LogP contribution in [0.3, 0.4) is 0 Å². The molecule has 1 aliphatic heterocycles. The second-order valence-corrected chi connectivity index (χ2v) is 7.52. The van der Waals surface area contributed by atoms with E-state index in [0.29, 0.717) is 11.1 Å². The molecule has 4 N–H and O–H groups in total. The third kappa shape index (κ3) is 3.68. The van der Waals surface area contributed by atoms with E-state index in [4.69, 9.17) is 4.74 Å². The Bertz CT molecular complexity index is 1180. The van der Waals surface area contributed by atoms with Crippen LogP contribution in [0.1, 0.15) is 6.92 Å². The molecule has 0 spiro atoms. The van der Waals surface area contributed by atoms with Gasteiger partial charge < -0.3 is 25.2 Å². The first kappa shape index (κ1) is 22.1. The number of ether oxygens (including phenoxy) is 1. The number of carbonyl (C=O) groups is 1. The SMILES string of the molecule is CC(=O)N([C@@H]1O[C@H](CO)[C@@H](O)[C@H](O)[C@H]1O)n1c(-c2ccccc2)nc2ccccc2c1=O. The molecule has 2 heterocycles. The fraction of sp³-hybridized carbons (Fsp3) is 0.318. The Kier molecular flexibility index (Phi) is 6.04. The fourth-order valence-corrected chi connectivity index (χ4v) is 3.82. The molecule has 0 bridgehead atoms. The van der Waals surface area contributed by atoms with Crippen molar-refractivity contribution in [1.82, 2.24) is 9.66 Å². The first-order valence-corrected chi connectivity index (χ1v) is 10.0. The molecule has 1 fully saturated rings. The van der Waals surface area contributed by atoms with Crippen LogP contribution in [0.2, 0.25) is 0 Å². The molecular formula is C22H23N3O7. The first-order valence-electron chi connectivity index (χ1n) is 10.0. The van der Waals surface area contributed by atoms with Gasteiger partial charge in [-0.05, 0) is 12.1 Å². The van der Waals surface area contributed by atoms with Gasteiger partial charge >= 0.3 is 0 Å². The number of rotatable bonds is 4. The Labute approximate surface area is 182 Å². The van der Waals surface area contributed by atoms with E-state index in [1.54, 1.807) is 54.6 Å². The molecule has 0 unspecified atom stereocenters. The number of aliphatic hydroxyl groups excluding tert-OH is 4. The second kappa shape index (κ2) is 8.77. The quantitative estimate of drug-likeness (QED) is 0.418. The Balaban J connectivity index is 1.97. The molecule has 1 aliphatic rings. The van der Waals surface area contributed by atoms with Crippen LogP contribution in [-0.4, -0.2) is 73.2 Å². The number of nitrogens with zero attached hydrogens (tertiary/aromatic N) is 3. The van der Waals surface area contributed by atoms with Crippen molar-refractivity contribution in [3.63, 3.8) is 0 Å². The van der Waals surface area contributed by atoms with Crippen LogP contribution in [0.25, 0.3) is 22.3 Å². The lowest BCUT2D eigenvalue weighted by molar-refractivity contribution is -0.232. The number of aliphatic hydroxyl groups is 4. The Morgan fingerprint density at radius 1 is 1.03 bits per heavy atom. The summed E-state index contributed by atoms with van der Waals surface area (Å²) in [5.74, 6) is -0.577. The van der Waals surface area contributed by atoms with E-state index in [1.165, 1.54) is 0 Å². The van der Waals surface area contributed by atoms with Gasteiger partial charge in [0, 0.05) is 12.5 Å². The van der Waals surface area contributed by atoms with Crippen molar-refractivity contribution >= 4 is 16.8 Å². The third-order valence-electron chi connectivity index (χ3n) is 5.43. The monoisotopic (exact) mass is 441 g/mol. The molecule has 168 valence electrons. The topological polar surface area (TPSA) is 145 Å². The molecular weight excluding hydrogens is 418 g/mol. The summed E-state index contributed by atoms with van der Waals surface area (Å²) >= 11 is 0. The summed E-state index contributed by atoms with van der Waals surface area (Å²) in [7, 11) is 0. The molecule has 0 aliphatic carbocycles. The maximum Gasteiger partial charge on any atom is 0.280 e. The normalized spacial score (nSPS) is 25.6. The summed E-state index contributed by atoms with van der Waals surface area (Å²) < 4.78 is 6.57. The fourth-order valence-electron chi connectivity index (χ4n) is 3.82. The van der Waals surface area contributed by atoms with Crippen molar-refractivity contribution < 1.29 is 30.0 Å². The summed E-state index contributed by atoms with van der Waals surface area (Å²) in [5, 5.41) is 41.6. The van der Waals surface area contributed by atoms with Crippen LogP contribution in [0.4, 0.5) is 0 Å². The summed E-state index contributed by atoms with van der Waals surface area (Å²) in [5.41, 5.74) is 0.331. The zero-order valence-electron chi connectivity index (χ0n) is 17.1. The highest BCUT2D eigenvalue weighted by Gasteiger charge is 2.47. The van der Waals surface area contributed by atoms with Crippen molar-refractivity contribution in [3.05, 3.63) is 65.0 Å². The van der Waals surface area contributed by atoms with E-state index in [9.17, 15) is 30.0 Å². The lowest BCUT2D eigenvalue weighted by atomic mass is 9.98. The molecule has 10 nitrogen and oxygen atoms in total. The van der Waals surface area contributed by atoms with Crippen LogP contribution in [-0.2, 0) is 9.53 Å². The zero-order chi connectivity index (χ0) is 23.0. The largest absolute Gasteiger partial charge is 0.394 e. The Morgan fingerprint density at radius 2 is 1.69 bits per heavy atom. The second-order valence-electron chi connectivity index (χ2n) is 7.52. The number of amides is 1. The van der Waals surface area contributed by atoms with E-state index >= 15 is 0 Å². The minimum absolute atomic E-state index is 0.112. The van der Waals surface area contributed by atoms with Crippen molar-refractivity contribution in [1.29, 1.82) is 0 Å². The molecule has 1 amide bonds. The molecule has 5 atom stereocenters. The van der Waals surface area contributed by atoms with Gasteiger partial charge in [0.1, 0.15) is 24.4 Å². The number of fused-ring (bicyclic) bond motifs is 1. The molecule has 10 heteroatoms. The molecule has 4 rings (SSSR count). The summed E-state index contributed by atoms with van der Waals surface area (Å²) in [6.07, 6.45) is -7.94. The predicted octanol–water partition coefficient (Wildman–Crippen LogP) is -0.652. The zero-order valence-corrected chi connectivity index (χ0v) is 17.1. The van der Waals surface area contributed by atoms with Gasteiger partial charge in [-0.1, -0.05) is 42.5 Å². The molecule has 1 aromatic heterocycles. The van der Waals surface area contributed by atoms with E-state index in [2.05, 4.69) is 4.98 Å². The van der Waals surface area contributed by atoms with E-state index in [0.717, 1.165) is 16.6 Å². The molecule has 3 aromatic rings. The average Bonchev–Trinajstić information content (AvgIpc) is 2.80. The number of carbonyl (C=O) groups excluding carboxylic acids is 1. The maximum atomic E-state index is 13.5. The number of hydrogen-bond donors (Lipinski definition) is 4. The van der Waals surface area contributed by atoms with Crippen molar-refractivity contribution in [3.8, 4) is 11.4 Å². The molecule has 2 aromatic carbocycles. The Morgan fingerprint density at radius 3 is 2.34 bits per heavy atom. The van der Waals surface area contributed by atoms with Gasteiger partial charge in [0.15, 0.2) is 12.1 Å². The summed E-state index contributed by atoms with van der Waals surface area (Å²) in [6.45, 7) is 0.488. The van der Waals surface area contributed by atoms with Crippen LogP contribution in [0.15, 0.2) is 59.4 Å². The van der Waals surface area contributed by atoms with Crippen molar-refractivity contribution in [2.75, 3.05) is 11.6 Å². The van der Waals surface area contributed by atoms with Gasteiger partial charge in [-0.25, -0.2) is 9.99 Å². The van der Waals surface area contributed by atoms with Gasteiger partial charge in [0.25, 0.3) is 5.56 Å². The summed E-state index contributed by atoms with van der Waals surface area (Å²) in [4.78, 5) is 30.9. The summed E-state index contributed by atoms with van der Waals surface area (Å²) in [6, 6.07) is 15.3. The number of aromatic nitrogens is 2. The highest BCUT2D eigenvalue weighted by molar-refractivity contribution is 5.86. The van der Waals surface area contributed by atoms with E-state index < -0.39 is 48.7 Å². The van der Waals surface area contributed by atoms with Crippen LogP contribution in [0.5, 0.6) is 0 Å². The van der Waals surface area contributed by atoms with Gasteiger partial charge in [0.2, 0.25) is 5.91 Å². The predicted molar refractivity (Wildman–Crippen MR) is 114 cm³/mol. The highest BCUT2D eigenvalue weighted by atomic mass is 16.6. The molecule has 0 radical (unpaired) electrons. The smallest absolute Gasteiger partial charge is 0.280 e. The van der Waals surface area contributed by atoms with Crippen molar-refractivity contribution in [2.45, 2.75) is 37.6 Å². The average molecular weight is 441 g/mol. The van der Waals surface area contributed by atoms with Gasteiger partial charge in [-0.3, -0.25) is 9.59 Å². The number of hydrogen-bond acceptors (Lipinski definition) is 8. The first-order chi connectivity index (χ1) is 15.3. The van der Waals surface area contributed by atoms with Gasteiger partial charge in [0.05, 0.1) is 17.5 Å². The van der Waals surface area contributed by atoms with E-state index in [1.807, 2.05) is 0 Å². The van der Waals surface area contributed by atoms with Crippen LogP contribution in [0, 0.1) is 0 Å². The molecule has 0 saturated carbocycles. The van der Waals surface area contributed by atoms with Crippen LogP contribution >= 0.6 is 0 Å². The highest BCUT2D eigenvalue weighted by Crippen LogP contribution is 2.26. The standard InChI is InChI=1S/C22H23N3O7/c1-12(27)24(22-19(30)18(29)17(28)16(11-26)32-22)25-20(13-7-3-2-4-8-13)23-15-10-6-5-9-14(15)21(25)31/h2-10,16-19,22,26,28-30H,11H2,1H3/t16-,17-,18+,19-,22-/m1/s1. The Hall–Kier alpha value is -3.15. The third-order valence-corrected chi connectivity index (χ3v) is 5.43. The van der Waals surface area contributed by atoms with Gasteiger partial charge in [-0.2, -0.15) is 4.68 Å². The minimum Gasteiger partial charge on any atom is -0.394 e. The van der Waals surface area contributed by atoms with Crippen LogP contribution < -0.4 is 10.6 Å².